The predicted molar refractivity (Wildman–Crippen MR) is 41.6 cm³/mol. The number of thiol groups is 1. The van der Waals surface area contributed by atoms with Gasteiger partial charge in [0.15, 0.2) is 0 Å². The Balaban J connectivity index is 2.85. The molecule has 0 amide bonds. The van der Waals surface area contributed by atoms with Crippen LogP contribution in [0.15, 0.2) is 24.4 Å². The lowest BCUT2D eigenvalue weighted by Crippen LogP contribution is -1.86. The van der Waals surface area contributed by atoms with Crippen molar-refractivity contribution in [1.82, 2.24) is 4.98 Å². The summed E-state index contributed by atoms with van der Waals surface area (Å²) in [6, 6.07) is 5.84. The molecule has 1 aromatic rings. The lowest BCUT2D eigenvalue weighted by molar-refractivity contribution is 1.02. The summed E-state index contributed by atoms with van der Waals surface area (Å²) in [5.41, 5.74) is 1.03. The van der Waals surface area contributed by atoms with E-state index >= 15 is 0 Å². The summed E-state index contributed by atoms with van der Waals surface area (Å²) < 4.78 is 0. The van der Waals surface area contributed by atoms with Crippen LogP contribution in [0.25, 0.3) is 0 Å². The fourth-order valence-corrected chi connectivity index (χ4v) is 0.776. The van der Waals surface area contributed by atoms with Gasteiger partial charge in [-0.15, -0.1) is 0 Å². The van der Waals surface area contributed by atoms with Crippen molar-refractivity contribution >= 4 is 12.6 Å². The molecule has 0 aliphatic heterocycles. The van der Waals surface area contributed by atoms with Crippen molar-refractivity contribution < 1.29 is 0 Å². The maximum Gasteiger partial charge on any atom is 0.0528 e. The van der Waals surface area contributed by atoms with Gasteiger partial charge in [0.2, 0.25) is 0 Å². The van der Waals surface area contributed by atoms with Crippen molar-refractivity contribution in [3.8, 4) is 0 Å². The molecule has 1 aromatic heterocycles. The average Bonchev–Trinajstić information content (AvgIpc) is 1.90. The van der Waals surface area contributed by atoms with E-state index in [1.54, 1.807) is 6.20 Å². The molecule has 0 bridgehead atoms. The smallest absolute Gasteiger partial charge is 0.0528 e. The molecular formula is C7H9NS. The summed E-state index contributed by atoms with van der Waals surface area (Å²) in [5, 5.41) is 0.242. The van der Waals surface area contributed by atoms with E-state index in [-0.39, 0.29) is 5.25 Å². The summed E-state index contributed by atoms with van der Waals surface area (Å²) in [5.74, 6) is 0. The summed E-state index contributed by atoms with van der Waals surface area (Å²) >= 11 is 4.23. The van der Waals surface area contributed by atoms with Crippen LogP contribution in [0, 0.1) is 0 Å². The molecule has 9 heavy (non-hydrogen) atoms. The Labute approximate surface area is 60.5 Å². The summed E-state index contributed by atoms with van der Waals surface area (Å²) in [7, 11) is 0. The Bertz CT molecular complexity index is 172. The molecule has 1 atom stereocenters. The first-order valence-electron chi connectivity index (χ1n) is 2.89. The molecule has 0 unspecified atom stereocenters. The van der Waals surface area contributed by atoms with E-state index in [9.17, 15) is 0 Å². The molecule has 0 aliphatic rings. The van der Waals surface area contributed by atoms with Crippen LogP contribution in [0.4, 0.5) is 0 Å². The van der Waals surface area contributed by atoms with Crippen molar-refractivity contribution in [2.24, 2.45) is 0 Å². The minimum Gasteiger partial charge on any atom is -0.260 e. The zero-order valence-corrected chi connectivity index (χ0v) is 6.18. The first-order chi connectivity index (χ1) is 4.30. The van der Waals surface area contributed by atoms with Crippen molar-refractivity contribution in [3.63, 3.8) is 0 Å². The minimum atomic E-state index is 0.242. The molecule has 2 heteroatoms. The highest BCUT2D eigenvalue weighted by Crippen LogP contribution is 2.14. The molecule has 0 radical (unpaired) electrons. The molecule has 0 fully saturated rings. The van der Waals surface area contributed by atoms with Crippen LogP contribution in [0.1, 0.15) is 17.9 Å². The topological polar surface area (TPSA) is 12.9 Å². The average molecular weight is 139 g/mol. The van der Waals surface area contributed by atoms with E-state index in [0.717, 1.165) is 5.69 Å². The van der Waals surface area contributed by atoms with E-state index < -0.39 is 0 Å². The molecular weight excluding hydrogens is 130 g/mol. The normalized spacial score (nSPS) is 13.1. The Morgan fingerprint density at radius 3 is 2.67 bits per heavy atom. The van der Waals surface area contributed by atoms with Gasteiger partial charge in [0, 0.05) is 11.4 Å². The molecule has 0 saturated carbocycles. The number of hydrogen-bond donors (Lipinski definition) is 1. The highest BCUT2D eigenvalue weighted by molar-refractivity contribution is 7.80. The van der Waals surface area contributed by atoms with Gasteiger partial charge >= 0.3 is 0 Å². The fraction of sp³-hybridized carbons (Fsp3) is 0.286. The SMILES string of the molecule is C[C@H](S)c1ccccn1. The maximum absolute atomic E-state index is 4.23. The fourth-order valence-electron chi connectivity index (χ4n) is 0.623. The zero-order valence-electron chi connectivity index (χ0n) is 5.28. The molecule has 1 rings (SSSR count). The van der Waals surface area contributed by atoms with Gasteiger partial charge in [0.1, 0.15) is 0 Å². The van der Waals surface area contributed by atoms with E-state index in [1.807, 2.05) is 25.1 Å². The second-order valence-corrected chi connectivity index (χ2v) is 2.71. The van der Waals surface area contributed by atoms with Gasteiger partial charge in [-0.3, -0.25) is 4.98 Å². The maximum atomic E-state index is 4.23. The van der Waals surface area contributed by atoms with Gasteiger partial charge in [-0.25, -0.2) is 0 Å². The quantitative estimate of drug-likeness (QED) is 0.588. The van der Waals surface area contributed by atoms with Gasteiger partial charge in [0.05, 0.1) is 5.69 Å². The van der Waals surface area contributed by atoms with Crippen LogP contribution < -0.4 is 0 Å². The predicted octanol–water partition coefficient (Wildman–Crippen LogP) is 2.07. The van der Waals surface area contributed by atoms with Gasteiger partial charge in [-0.05, 0) is 19.1 Å². The minimum absolute atomic E-state index is 0.242. The summed E-state index contributed by atoms with van der Waals surface area (Å²) in [4.78, 5) is 4.10. The lowest BCUT2D eigenvalue weighted by Gasteiger charge is -1.99. The number of rotatable bonds is 1. The Kier molecular flexibility index (Phi) is 2.11. The number of aromatic nitrogens is 1. The molecule has 48 valence electrons. The molecule has 0 aliphatic carbocycles. The highest BCUT2D eigenvalue weighted by atomic mass is 32.1. The van der Waals surface area contributed by atoms with Gasteiger partial charge in [-0.2, -0.15) is 12.6 Å². The standard InChI is InChI=1S/C7H9NS/c1-6(9)7-4-2-3-5-8-7/h2-6,9H,1H3/t6-/m0/s1. The molecule has 1 nitrogen and oxygen atoms in total. The van der Waals surface area contributed by atoms with Crippen molar-refractivity contribution in [2.45, 2.75) is 12.2 Å². The molecule has 0 aromatic carbocycles. The van der Waals surface area contributed by atoms with Crippen LogP contribution >= 0.6 is 12.6 Å². The highest BCUT2D eigenvalue weighted by Gasteiger charge is 1.96. The van der Waals surface area contributed by atoms with E-state index in [2.05, 4.69) is 17.6 Å². The Morgan fingerprint density at radius 2 is 2.33 bits per heavy atom. The Hall–Kier alpha value is -0.500. The second-order valence-electron chi connectivity index (χ2n) is 1.93. The third-order valence-corrected chi connectivity index (χ3v) is 1.38. The van der Waals surface area contributed by atoms with E-state index in [4.69, 9.17) is 0 Å². The number of nitrogens with zero attached hydrogens (tertiary/aromatic N) is 1. The third kappa shape index (κ3) is 1.72. The zero-order chi connectivity index (χ0) is 6.69. The van der Waals surface area contributed by atoms with Crippen molar-refractivity contribution in [2.75, 3.05) is 0 Å². The van der Waals surface area contributed by atoms with E-state index in [1.165, 1.54) is 0 Å². The van der Waals surface area contributed by atoms with E-state index in [0.29, 0.717) is 0 Å². The Morgan fingerprint density at radius 1 is 1.56 bits per heavy atom. The lowest BCUT2D eigenvalue weighted by atomic mass is 10.3. The largest absolute Gasteiger partial charge is 0.260 e. The number of pyridine rings is 1. The van der Waals surface area contributed by atoms with Gasteiger partial charge in [0.25, 0.3) is 0 Å². The van der Waals surface area contributed by atoms with Crippen LogP contribution in [-0.4, -0.2) is 4.98 Å². The van der Waals surface area contributed by atoms with Gasteiger partial charge < -0.3 is 0 Å². The van der Waals surface area contributed by atoms with Crippen LogP contribution in [0.5, 0.6) is 0 Å². The van der Waals surface area contributed by atoms with Gasteiger partial charge in [-0.1, -0.05) is 6.07 Å². The van der Waals surface area contributed by atoms with Crippen LogP contribution in [-0.2, 0) is 0 Å². The summed E-state index contributed by atoms with van der Waals surface area (Å²) in [6.45, 7) is 2.01. The van der Waals surface area contributed by atoms with Crippen molar-refractivity contribution in [3.05, 3.63) is 30.1 Å². The second kappa shape index (κ2) is 2.87. The first kappa shape index (κ1) is 6.62. The van der Waals surface area contributed by atoms with Crippen molar-refractivity contribution in [1.29, 1.82) is 0 Å². The summed E-state index contributed by atoms with van der Waals surface area (Å²) in [6.07, 6.45) is 1.78. The molecule has 0 saturated heterocycles. The first-order valence-corrected chi connectivity index (χ1v) is 3.41. The third-order valence-electron chi connectivity index (χ3n) is 1.12. The monoisotopic (exact) mass is 139 g/mol. The number of hydrogen-bond acceptors (Lipinski definition) is 2. The molecule has 1 heterocycles. The van der Waals surface area contributed by atoms with Crippen LogP contribution in [0.3, 0.4) is 0 Å². The molecule has 0 spiro atoms. The molecule has 0 N–H and O–H groups in total. The van der Waals surface area contributed by atoms with Crippen LogP contribution in [0.2, 0.25) is 0 Å².